The summed E-state index contributed by atoms with van der Waals surface area (Å²) in [5, 5.41) is 10.0. The highest BCUT2D eigenvalue weighted by molar-refractivity contribution is 5.34. The molecule has 0 aliphatic carbocycles. The normalized spacial score (nSPS) is 10.4. The summed E-state index contributed by atoms with van der Waals surface area (Å²) in [4.78, 5) is 6.10. The third-order valence-corrected chi connectivity index (χ3v) is 2.16. The van der Waals surface area contributed by atoms with E-state index in [1.165, 1.54) is 5.56 Å². The van der Waals surface area contributed by atoms with Crippen molar-refractivity contribution in [3.05, 3.63) is 24.2 Å². The van der Waals surface area contributed by atoms with Crippen LogP contribution in [0.3, 0.4) is 0 Å². The second-order valence-electron chi connectivity index (χ2n) is 3.69. The van der Waals surface area contributed by atoms with Gasteiger partial charge in [-0.1, -0.05) is 0 Å². The van der Waals surface area contributed by atoms with Crippen LogP contribution in [0.5, 0.6) is 0 Å². The Morgan fingerprint density at radius 3 is 3.00 bits per heavy atom. The Kier molecular flexibility index (Phi) is 3.09. The minimum absolute atomic E-state index is 0.672. The van der Waals surface area contributed by atoms with Crippen LogP contribution < -0.4 is 10.2 Å². The van der Waals surface area contributed by atoms with Gasteiger partial charge in [-0.25, -0.2) is 5.10 Å². The van der Waals surface area contributed by atoms with Crippen LogP contribution in [0.15, 0.2) is 23.0 Å². The lowest BCUT2D eigenvalue weighted by Crippen LogP contribution is -2.10. The molecule has 2 aromatic heterocycles. The molecule has 0 aliphatic rings. The molecule has 0 saturated carbocycles. The smallest absolute Gasteiger partial charge is 0.245 e. The van der Waals surface area contributed by atoms with E-state index in [4.69, 9.17) is 4.42 Å². The lowest BCUT2D eigenvalue weighted by atomic mass is 10.2. The summed E-state index contributed by atoms with van der Waals surface area (Å²) in [5.41, 5.74) is 1.17. The first kappa shape index (κ1) is 10.5. The molecular weight excluding hydrogens is 206 g/mol. The van der Waals surface area contributed by atoms with E-state index < -0.39 is 0 Å². The number of H-pyrrole nitrogens is 1. The standard InChI is InChI=1S/C10H15N5O/c1-15(2)10-12-9(13-14-10)11-5-3-8-4-6-16-7-8/h4,6-7H,3,5H2,1-2H3,(H2,11,12,13,14). The Balaban J connectivity index is 1.81. The number of rotatable bonds is 5. The average molecular weight is 221 g/mol. The molecule has 0 spiro atoms. The SMILES string of the molecule is CN(C)c1n[nH]c(NCCc2ccoc2)n1. The Hall–Kier alpha value is -1.98. The van der Waals surface area contributed by atoms with Crippen molar-refractivity contribution in [2.75, 3.05) is 30.9 Å². The van der Waals surface area contributed by atoms with Gasteiger partial charge >= 0.3 is 0 Å². The zero-order valence-electron chi connectivity index (χ0n) is 9.40. The van der Waals surface area contributed by atoms with Gasteiger partial charge in [0.05, 0.1) is 12.5 Å². The molecular formula is C10H15N5O. The van der Waals surface area contributed by atoms with Gasteiger partial charge in [0.25, 0.3) is 0 Å². The average Bonchev–Trinajstić information content (AvgIpc) is 2.87. The fourth-order valence-corrected chi connectivity index (χ4v) is 1.29. The number of aromatic amines is 1. The van der Waals surface area contributed by atoms with Gasteiger partial charge in [0.2, 0.25) is 11.9 Å². The monoisotopic (exact) mass is 221 g/mol. The predicted octanol–water partition coefficient (Wildman–Crippen LogP) is 1.12. The van der Waals surface area contributed by atoms with Crippen molar-refractivity contribution in [2.45, 2.75) is 6.42 Å². The highest BCUT2D eigenvalue weighted by Gasteiger charge is 2.03. The maximum atomic E-state index is 4.98. The molecule has 0 fully saturated rings. The summed E-state index contributed by atoms with van der Waals surface area (Å²) in [6.45, 7) is 0.793. The van der Waals surface area contributed by atoms with Gasteiger partial charge in [-0.3, -0.25) is 0 Å². The topological polar surface area (TPSA) is 70.0 Å². The third kappa shape index (κ3) is 2.53. The van der Waals surface area contributed by atoms with E-state index in [1.807, 2.05) is 25.1 Å². The van der Waals surface area contributed by atoms with Crippen molar-refractivity contribution in [3.8, 4) is 0 Å². The van der Waals surface area contributed by atoms with Crippen LogP contribution in [-0.2, 0) is 6.42 Å². The zero-order valence-corrected chi connectivity index (χ0v) is 9.40. The van der Waals surface area contributed by atoms with Crippen LogP contribution in [0.1, 0.15) is 5.56 Å². The second-order valence-corrected chi connectivity index (χ2v) is 3.69. The van der Waals surface area contributed by atoms with Gasteiger partial charge < -0.3 is 14.6 Å². The van der Waals surface area contributed by atoms with E-state index in [0.717, 1.165) is 13.0 Å². The molecule has 2 N–H and O–H groups in total. The number of furan rings is 1. The van der Waals surface area contributed by atoms with Gasteiger partial charge in [-0.2, -0.15) is 4.98 Å². The predicted molar refractivity (Wildman–Crippen MR) is 61.6 cm³/mol. The molecule has 2 heterocycles. The van der Waals surface area contributed by atoms with Crippen molar-refractivity contribution >= 4 is 11.9 Å². The first-order valence-electron chi connectivity index (χ1n) is 5.10. The van der Waals surface area contributed by atoms with E-state index in [9.17, 15) is 0 Å². The summed E-state index contributed by atoms with van der Waals surface area (Å²) < 4.78 is 4.98. The summed E-state index contributed by atoms with van der Waals surface area (Å²) in [6, 6.07) is 1.95. The highest BCUT2D eigenvalue weighted by atomic mass is 16.3. The van der Waals surface area contributed by atoms with Crippen molar-refractivity contribution < 1.29 is 4.42 Å². The molecule has 0 atom stereocenters. The molecule has 0 aromatic carbocycles. The number of nitrogens with zero attached hydrogens (tertiary/aromatic N) is 3. The van der Waals surface area contributed by atoms with E-state index in [-0.39, 0.29) is 0 Å². The van der Waals surface area contributed by atoms with Crippen molar-refractivity contribution in [1.29, 1.82) is 0 Å². The molecule has 2 aromatic rings. The second kappa shape index (κ2) is 4.69. The Morgan fingerprint density at radius 2 is 2.38 bits per heavy atom. The molecule has 16 heavy (non-hydrogen) atoms. The molecule has 0 saturated heterocycles. The summed E-state index contributed by atoms with van der Waals surface area (Å²) in [7, 11) is 3.80. The summed E-state index contributed by atoms with van der Waals surface area (Å²) in [5.74, 6) is 1.36. The summed E-state index contributed by atoms with van der Waals surface area (Å²) in [6.07, 6.45) is 4.32. The van der Waals surface area contributed by atoms with Crippen molar-refractivity contribution in [2.24, 2.45) is 0 Å². The fraction of sp³-hybridized carbons (Fsp3) is 0.400. The third-order valence-electron chi connectivity index (χ3n) is 2.16. The van der Waals surface area contributed by atoms with Crippen LogP contribution >= 0.6 is 0 Å². The number of nitrogens with one attached hydrogen (secondary N) is 2. The van der Waals surface area contributed by atoms with Crippen molar-refractivity contribution in [1.82, 2.24) is 15.2 Å². The van der Waals surface area contributed by atoms with E-state index in [0.29, 0.717) is 11.9 Å². The molecule has 2 rings (SSSR count). The van der Waals surface area contributed by atoms with E-state index in [1.54, 1.807) is 12.5 Å². The minimum Gasteiger partial charge on any atom is -0.472 e. The lowest BCUT2D eigenvalue weighted by molar-refractivity contribution is 0.564. The largest absolute Gasteiger partial charge is 0.472 e. The molecule has 0 unspecified atom stereocenters. The molecule has 0 amide bonds. The van der Waals surface area contributed by atoms with Gasteiger partial charge in [0, 0.05) is 20.6 Å². The minimum atomic E-state index is 0.672. The molecule has 6 nitrogen and oxygen atoms in total. The first-order chi connectivity index (χ1) is 7.75. The maximum absolute atomic E-state index is 4.98. The van der Waals surface area contributed by atoms with Crippen LogP contribution in [0, 0.1) is 0 Å². The lowest BCUT2D eigenvalue weighted by Gasteiger charge is -2.03. The van der Waals surface area contributed by atoms with E-state index >= 15 is 0 Å². The van der Waals surface area contributed by atoms with Crippen LogP contribution in [0.25, 0.3) is 0 Å². The highest BCUT2D eigenvalue weighted by Crippen LogP contribution is 2.06. The van der Waals surface area contributed by atoms with Gasteiger partial charge in [0.1, 0.15) is 0 Å². The van der Waals surface area contributed by atoms with Crippen molar-refractivity contribution in [3.63, 3.8) is 0 Å². The quantitative estimate of drug-likeness (QED) is 0.791. The van der Waals surface area contributed by atoms with Crippen LogP contribution in [0.4, 0.5) is 11.9 Å². The molecule has 0 radical (unpaired) electrons. The molecule has 86 valence electrons. The number of hydrogen-bond donors (Lipinski definition) is 2. The first-order valence-corrected chi connectivity index (χ1v) is 5.10. The molecule has 0 aliphatic heterocycles. The Bertz CT molecular complexity index is 420. The number of hydrogen-bond acceptors (Lipinski definition) is 5. The Morgan fingerprint density at radius 1 is 1.50 bits per heavy atom. The van der Waals surface area contributed by atoms with Gasteiger partial charge in [-0.15, -0.1) is 5.10 Å². The maximum Gasteiger partial charge on any atom is 0.245 e. The Labute approximate surface area is 93.7 Å². The van der Waals surface area contributed by atoms with Gasteiger partial charge in [-0.05, 0) is 18.1 Å². The summed E-state index contributed by atoms with van der Waals surface area (Å²) >= 11 is 0. The van der Waals surface area contributed by atoms with Crippen LogP contribution in [0.2, 0.25) is 0 Å². The number of aromatic nitrogens is 3. The molecule has 0 bridgehead atoms. The zero-order chi connectivity index (χ0) is 11.4. The van der Waals surface area contributed by atoms with Crippen LogP contribution in [-0.4, -0.2) is 35.8 Å². The fourth-order valence-electron chi connectivity index (χ4n) is 1.29. The molecule has 6 heteroatoms. The number of anilines is 2. The van der Waals surface area contributed by atoms with Gasteiger partial charge in [0.15, 0.2) is 0 Å². The van der Waals surface area contributed by atoms with E-state index in [2.05, 4.69) is 20.5 Å².